The maximum absolute atomic E-state index is 11.2. The van der Waals surface area contributed by atoms with Gasteiger partial charge in [-0.05, 0) is 18.3 Å². The minimum absolute atomic E-state index is 0.00801. The van der Waals surface area contributed by atoms with Gasteiger partial charge in [0.1, 0.15) is 0 Å². The van der Waals surface area contributed by atoms with Crippen molar-refractivity contribution in [3.05, 3.63) is 30.3 Å². The maximum Gasteiger partial charge on any atom is 0.283 e. The van der Waals surface area contributed by atoms with Crippen molar-refractivity contribution in [3.8, 4) is 0 Å². The van der Waals surface area contributed by atoms with Crippen molar-refractivity contribution in [2.75, 3.05) is 17.2 Å². The summed E-state index contributed by atoms with van der Waals surface area (Å²) >= 11 is 1.30. The molecule has 0 heterocycles. The number of benzene rings is 1. The Labute approximate surface area is 84.7 Å². The zero-order chi connectivity index (χ0) is 9.52. The van der Waals surface area contributed by atoms with Crippen LogP contribution in [0.25, 0.3) is 0 Å². The molecule has 1 unspecified atom stereocenters. The molecule has 0 spiro atoms. The predicted octanol–water partition coefficient (Wildman–Crippen LogP) is 2.83. The Kier molecular flexibility index (Phi) is 4.87. The minimum Gasteiger partial charge on any atom is -0.317 e. The van der Waals surface area contributed by atoms with Crippen LogP contribution in [0, 0.1) is 0 Å². The molecule has 4 heteroatoms. The summed E-state index contributed by atoms with van der Waals surface area (Å²) in [6, 6.07) is 9.47. The van der Waals surface area contributed by atoms with Gasteiger partial charge in [-0.25, -0.2) is 0 Å². The zero-order valence-electron chi connectivity index (χ0n) is 7.19. The van der Waals surface area contributed by atoms with Gasteiger partial charge in [-0.15, -0.1) is 9.24 Å². The van der Waals surface area contributed by atoms with E-state index < -0.39 is 0 Å². The van der Waals surface area contributed by atoms with E-state index in [9.17, 15) is 4.79 Å². The lowest BCUT2D eigenvalue weighted by atomic mass is 10.3. The van der Waals surface area contributed by atoms with E-state index in [4.69, 9.17) is 0 Å². The van der Waals surface area contributed by atoms with Gasteiger partial charge in [0.2, 0.25) is 0 Å². The molecule has 0 aliphatic carbocycles. The SMILES string of the molecule is O=C(Nc1ccccc1)SCCP. The van der Waals surface area contributed by atoms with Crippen LogP contribution in [0.3, 0.4) is 0 Å². The standard InChI is InChI=1S/C9H12NOPS/c11-9(13-7-6-12)10-8-4-2-1-3-5-8/h1-5H,6-7,12H2,(H,10,11). The molecule has 0 saturated carbocycles. The van der Waals surface area contributed by atoms with Gasteiger partial charge >= 0.3 is 0 Å². The number of carbonyl (C=O) groups is 1. The van der Waals surface area contributed by atoms with Crippen LogP contribution >= 0.6 is 21.0 Å². The molecule has 70 valence electrons. The number of carbonyl (C=O) groups excluding carboxylic acids is 1. The van der Waals surface area contributed by atoms with Crippen molar-refractivity contribution in [1.82, 2.24) is 0 Å². The molecule has 0 aliphatic heterocycles. The molecule has 0 fully saturated rings. The first-order chi connectivity index (χ1) is 6.33. The van der Waals surface area contributed by atoms with Crippen LogP contribution < -0.4 is 5.32 Å². The summed E-state index contributed by atoms with van der Waals surface area (Å²) in [6.45, 7) is 0. The van der Waals surface area contributed by atoms with E-state index in [0.29, 0.717) is 0 Å². The molecule has 1 amide bonds. The van der Waals surface area contributed by atoms with Gasteiger partial charge in [-0.3, -0.25) is 4.79 Å². The van der Waals surface area contributed by atoms with Crippen LogP contribution in [-0.2, 0) is 0 Å². The van der Waals surface area contributed by atoms with Crippen molar-refractivity contribution in [3.63, 3.8) is 0 Å². The Morgan fingerprint density at radius 1 is 1.38 bits per heavy atom. The van der Waals surface area contributed by atoms with E-state index >= 15 is 0 Å². The first-order valence-corrected chi connectivity index (χ1v) is 5.82. The summed E-state index contributed by atoms with van der Waals surface area (Å²) in [5.41, 5.74) is 0.851. The number of thioether (sulfide) groups is 1. The third-order valence-electron chi connectivity index (χ3n) is 1.37. The van der Waals surface area contributed by atoms with E-state index in [0.717, 1.165) is 17.6 Å². The van der Waals surface area contributed by atoms with E-state index in [-0.39, 0.29) is 5.24 Å². The van der Waals surface area contributed by atoms with Gasteiger partial charge in [0.15, 0.2) is 0 Å². The average molecular weight is 213 g/mol. The van der Waals surface area contributed by atoms with Gasteiger partial charge in [-0.1, -0.05) is 30.0 Å². The third kappa shape index (κ3) is 4.30. The number of para-hydroxylation sites is 1. The van der Waals surface area contributed by atoms with E-state index in [1.807, 2.05) is 30.3 Å². The maximum atomic E-state index is 11.2. The highest BCUT2D eigenvalue weighted by molar-refractivity contribution is 8.14. The fourth-order valence-corrected chi connectivity index (χ4v) is 1.67. The fourth-order valence-electron chi connectivity index (χ4n) is 0.827. The molecule has 1 N–H and O–H groups in total. The van der Waals surface area contributed by atoms with Crippen molar-refractivity contribution in [2.24, 2.45) is 0 Å². The number of hydrogen-bond acceptors (Lipinski definition) is 2. The summed E-state index contributed by atoms with van der Waals surface area (Å²) in [6.07, 6.45) is 0.937. The Hall–Kier alpha value is -0.530. The van der Waals surface area contributed by atoms with Crippen LogP contribution in [0.1, 0.15) is 0 Å². The lowest BCUT2D eigenvalue weighted by molar-refractivity contribution is 0.270. The molecule has 0 aromatic heterocycles. The number of nitrogens with one attached hydrogen (secondary N) is 1. The van der Waals surface area contributed by atoms with Crippen LogP contribution in [-0.4, -0.2) is 17.2 Å². The second-order valence-electron chi connectivity index (χ2n) is 2.42. The van der Waals surface area contributed by atoms with Crippen molar-refractivity contribution >= 4 is 31.9 Å². The molecule has 0 bridgehead atoms. The van der Waals surface area contributed by atoms with Crippen molar-refractivity contribution in [1.29, 1.82) is 0 Å². The summed E-state index contributed by atoms with van der Waals surface area (Å²) in [7, 11) is 2.59. The summed E-state index contributed by atoms with van der Waals surface area (Å²) < 4.78 is 0. The van der Waals surface area contributed by atoms with Crippen molar-refractivity contribution in [2.45, 2.75) is 0 Å². The molecule has 13 heavy (non-hydrogen) atoms. The second-order valence-corrected chi connectivity index (χ2v) is 4.06. The molecule has 1 aromatic rings. The minimum atomic E-state index is 0.00801. The van der Waals surface area contributed by atoms with Crippen LogP contribution in [0.5, 0.6) is 0 Å². The lowest BCUT2D eigenvalue weighted by Gasteiger charge is -2.02. The van der Waals surface area contributed by atoms with Gasteiger partial charge in [0.05, 0.1) is 0 Å². The molecular formula is C9H12NOPS. The van der Waals surface area contributed by atoms with Crippen molar-refractivity contribution < 1.29 is 4.79 Å². The first-order valence-electron chi connectivity index (χ1n) is 4.02. The smallest absolute Gasteiger partial charge is 0.283 e. The summed E-state index contributed by atoms with van der Waals surface area (Å²) in [5.74, 6) is 0.837. The van der Waals surface area contributed by atoms with Crippen LogP contribution in [0.15, 0.2) is 30.3 Å². The van der Waals surface area contributed by atoms with Gasteiger partial charge < -0.3 is 5.32 Å². The highest BCUT2D eigenvalue weighted by Gasteiger charge is 2.00. The normalized spacial score (nSPS) is 9.62. The van der Waals surface area contributed by atoms with Gasteiger partial charge in [0.25, 0.3) is 5.24 Å². The summed E-state index contributed by atoms with van der Waals surface area (Å²) in [4.78, 5) is 11.2. The molecule has 0 aliphatic rings. The number of hydrogen-bond donors (Lipinski definition) is 1. The summed E-state index contributed by atoms with van der Waals surface area (Å²) in [5, 5.41) is 2.80. The predicted molar refractivity (Wildman–Crippen MR) is 62.5 cm³/mol. The highest BCUT2D eigenvalue weighted by atomic mass is 32.2. The topological polar surface area (TPSA) is 29.1 Å². The fraction of sp³-hybridized carbons (Fsp3) is 0.222. The van der Waals surface area contributed by atoms with E-state index in [1.54, 1.807) is 0 Å². The monoisotopic (exact) mass is 213 g/mol. The Morgan fingerprint density at radius 2 is 2.08 bits per heavy atom. The quantitative estimate of drug-likeness (QED) is 0.782. The Balaban J connectivity index is 2.37. The Bertz CT molecular complexity index is 266. The van der Waals surface area contributed by atoms with Gasteiger partial charge in [-0.2, -0.15) is 0 Å². The Morgan fingerprint density at radius 3 is 2.69 bits per heavy atom. The lowest BCUT2D eigenvalue weighted by Crippen LogP contribution is -2.05. The van der Waals surface area contributed by atoms with Crippen LogP contribution in [0.2, 0.25) is 0 Å². The van der Waals surface area contributed by atoms with E-state index in [2.05, 4.69) is 14.6 Å². The number of amides is 1. The molecule has 2 nitrogen and oxygen atoms in total. The molecule has 1 atom stereocenters. The largest absolute Gasteiger partial charge is 0.317 e. The molecular weight excluding hydrogens is 201 g/mol. The molecule has 1 aromatic carbocycles. The van der Waals surface area contributed by atoms with Gasteiger partial charge in [0, 0.05) is 11.4 Å². The van der Waals surface area contributed by atoms with Crippen LogP contribution in [0.4, 0.5) is 10.5 Å². The second kappa shape index (κ2) is 6.01. The van der Waals surface area contributed by atoms with E-state index in [1.165, 1.54) is 11.8 Å². The molecule has 0 saturated heterocycles. The third-order valence-corrected chi connectivity index (χ3v) is 2.88. The molecule has 0 radical (unpaired) electrons. The zero-order valence-corrected chi connectivity index (χ0v) is 9.17. The number of rotatable bonds is 3. The first kappa shape index (κ1) is 10.6. The average Bonchev–Trinajstić information content (AvgIpc) is 2.16. The highest BCUT2D eigenvalue weighted by Crippen LogP contribution is 2.10. The molecule has 1 rings (SSSR count). The number of anilines is 1.